The second-order valence-electron chi connectivity index (χ2n) is 4.68. The van der Waals surface area contributed by atoms with Crippen LogP contribution in [-0.4, -0.2) is 18.9 Å². The summed E-state index contributed by atoms with van der Waals surface area (Å²) in [6.07, 6.45) is 7.46. The maximum atomic E-state index is 13.8. The molecule has 3 nitrogen and oxygen atoms in total. The normalized spacial score (nSPS) is 13.4. The van der Waals surface area contributed by atoms with Crippen LogP contribution in [0, 0.1) is 0 Å². The minimum atomic E-state index is -3.91. The van der Waals surface area contributed by atoms with E-state index in [4.69, 9.17) is 0 Å². The number of rotatable bonds is 9. The summed E-state index contributed by atoms with van der Waals surface area (Å²) < 4.78 is 37.5. The lowest BCUT2D eigenvalue weighted by atomic mass is 10.1. The fraction of sp³-hybridized carbons (Fsp3) is 0.643. The van der Waals surface area contributed by atoms with Crippen molar-refractivity contribution >= 4 is 9.84 Å². The van der Waals surface area contributed by atoms with Crippen LogP contribution in [0.3, 0.4) is 0 Å². The Morgan fingerprint density at radius 2 is 1.84 bits per heavy atom. The first kappa shape index (κ1) is 16.1. The number of hydrogen-bond donors (Lipinski definition) is 0. The molecule has 0 spiro atoms. The number of sulfone groups is 1. The largest absolute Gasteiger partial charge is 0.245 e. The molecule has 0 saturated heterocycles. The second kappa shape index (κ2) is 8.25. The zero-order chi connectivity index (χ0) is 14.1. The lowest BCUT2D eigenvalue weighted by molar-refractivity contribution is 0.384. The minimum Gasteiger partial charge on any atom is -0.245 e. The van der Waals surface area contributed by atoms with E-state index in [0.29, 0.717) is 6.42 Å². The van der Waals surface area contributed by atoms with Gasteiger partial charge in [0.15, 0.2) is 5.03 Å². The molecule has 5 heteroatoms. The van der Waals surface area contributed by atoms with Crippen LogP contribution in [0.4, 0.5) is 4.39 Å². The Bertz CT molecular complexity index is 448. The number of nitrogens with zero attached hydrogens (tertiary/aromatic N) is 1. The van der Waals surface area contributed by atoms with Crippen molar-refractivity contribution in [1.82, 2.24) is 4.98 Å². The van der Waals surface area contributed by atoms with Crippen molar-refractivity contribution in [2.75, 3.05) is 0 Å². The van der Waals surface area contributed by atoms with E-state index >= 15 is 0 Å². The Morgan fingerprint density at radius 1 is 1.16 bits per heavy atom. The molecule has 0 aliphatic rings. The molecule has 19 heavy (non-hydrogen) atoms. The van der Waals surface area contributed by atoms with E-state index in [0.717, 1.165) is 19.3 Å². The van der Waals surface area contributed by atoms with Gasteiger partial charge in [0, 0.05) is 6.20 Å². The van der Waals surface area contributed by atoms with Crippen LogP contribution in [0.5, 0.6) is 0 Å². The van der Waals surface area contributed by atoms with E-state index in [1.165, 1.54) is 25.1 Å². The van der Waals surface area contributed by atoms with E-state index in [-0.39, 0.29) is 11.4 Å². The molecule has 0 aliphatic heterocycles. The third kappa shape index (κ3) is 5.27. The number of hydrogen-bond acceptors (Lipinski definition) is 3. The molecule has 0 fully saturated rings. The van der Waals surface area contributed by atoms with E-state index < -0.39 is 15.3 Å². The molecule has 0 aliphatic carbocycles. The molecule has 108 valence electrons. The van der Waals surface area contributed by atoms with E-state index in [1.807, 2.05) is 0 Å². The fourth-order valence-electron chi connectivity index (χ4n) is 1.89. The highest BCUT2D eigenvalue weighted by Gasteiger charge is 2.27. The Labute approximate surface area is 115 Å². The lowest BCUT2D eigenvalue weighted by Gasteiger charge is -2.09. The number of halogens is 1. The summed E-state index contributed by atoms with van der Waals surface area (Å²) >= 11 is 0. The quantitative estimate of drug-likeness (QED) is 0.647. The average molecular weight is 287 g/mol. The molecule has 0 saturated carbocycles. The van der Waals surface area contributed by atoms with Crippen LogP contribution >= 0.6 is 0 Å². The fourth-order valence-corrected chi connectivity index (χ4v) is 3.10. The molecule has 1 heterocycles. The van der Waals surface area contributed by atoms with Gasteiger partial charge in [0.2, 0.25) is 15.3 Å². The molecule has 0 amide bonds. The summed E-state index contributed by atoms with van der Waals surface area (Å²) in [7, 11) is -3.91. The standard InChI is InChI=1S/C14H22FNO2S/c1-2-3-4-5-6-7-10-13(15)19(17,18)14-11-8-9-12-16-14/h8-9,11-13H,2-7,10H2,1H3. The number of alkyl halides is 1. The van der Waals surface area contributed by atoms with Crippen molar-refractivity contribution in [2.45, 2.75) is 62.4 Å². The first-order chi connectivity index (χ1) is 9.09. The van der Waals surface area contributed by atoms with Gasteiger partial charge in [-0.25, -0.2) is 17.8 Å². The van der Waals surface area contributed by atoms with Gasteiger partial charge in [-0.3, -0.25) is 0 Å². The molecule has 1 atom stereocenters. The van der Waals surface area contributed by atoms with Gasteiger partial charge in [-0.15, -0.1) is 0 Å². The topological polar surface area (TPSA) is 47.0 Å². The molecule has 0 bridgehead atoms. The Kier molecular flexibility index (Phi) is 6.99. The summed E-state index contributed by atoms with van der Waals surface area (Å²) in [4.78, 5) is 3.71. The zero-order valence-electron chi connectivity index (χ0n) is 11.4. The molecule has 0 radical (unpaired) electrons. The first-order valence-electron chi connectivity index (χ1n) is 6.88. The summed E-state index contributed by atoms with van der Waals surface area (Å²) in [5, 5.41) is -0.173. The zero-order valence-corrected chi connectivity index (χ0v) is 12.2. The number of unbranched alkanes of at least 4 members (excludes halogenated alkanes) is 5. The van der Waals surface area contributed by atoms with Crippen molar-refractivity contribution in [3.63, 3.8) is 0 Å². The predicted molar refractivity (Wildman–Crippen MR) is 74.3 cm³/mol. The van der Waals surface area contributed by atoms with Gasteiger partial charge in [-0.1, -0.05) is 45.1 Å². The summed E-state index contributed by atoms with van der Waals surface area (Å²) in [5.41, 5.74) is -1.84. The molecule has 1 unspecified atom stereocenters. The van der Waals surface area contributed by atoms with Gasteiger partial charge in [-0.05, 0) is 25.0 Å². The number of pyridine rings is 1. The second-order valence-corrected chi connectivity index (χ2v) is 6.70. The highest BCUT2D eigenvalue weighted by atomic mass is 32.2. The van der Waals surface area contributed by atoms with Gasteiger partial charge >= 0.3 is 0 Å². The smallest absolute Gasteiger partial charge is 0.227 e. The van der Waals surface area contributed by atoms with Crippen LogP contribution in [0.15, 0.2) is 29.4 Å². The first-order valence-corrected chi connectivity index (χ1v) is 8.42. The SMILES string of the molecule is CCCCCCCCC(F)S(=O)(=O)c1ccccn1. The molecule has 1 rings (SSSR count). The van der Waals surface area contributed by atoms with Crippen LogP contribution in [-0.2, 0) is 9.84 Å². The molecule has 1 aromatic rings. The average Bonchev–Trinajstić information content (AvgIpc) is 2.43. The van der Waals surface area contributed by atoms with Gasteiger partial charge in [0.1, 0.15) is 0 Å². The Hall–Kier alpha value is -0.970. The summed E-state index contributed by atoms with van der Waals surface area (Å²) in [6.45, 7) is 2.14. The molecule has 1 aromatic heterocycles. The van der Waals surface area contributed by atoms with Crippen molar-refractivity contribution in [2.24, 2.45) is 0 Å². The molecule has 0 N–H and O–H groups in total. The lowest BCUT2D eigenvalue weighted by Crippen LogP contribution is -2.17. The van der Waals surface area contributed by atoms with Crippen LogP contribution < -0.4 is 0 Å². The van der Waals surface area contributed by atoms with Gasteiger partial charge < -0.3 is 0 Å². The van der Waals surface area contributed by atoms with Gasteiger partial charge in [0.05, 0.1) is 0 Å². The highest BCUT2D eigenvalue weighted by Crippen LogP contribution is 2.20. The Morgan fingerprint density at radius 3 is 2.47 bits per heavy atom. The van der Waals surface area contributed by atoms with Crippen molar-refractivity contribution in [3.8, 4) is 0 Å². The van der Waals surface area contributed by atoms with Crippen LogP contribution in [0.1, 0.15) is 51.9 Å². The van der Waals surface area contributed by atoms with Crippen molar-refractivity contribution in [1.29, 1.82) is 0 Å². The predicted octanol–water partition coefficient (Wildman–Crippen LogP) is 3.90. The third-order valence-corrected chi connectivity index (χ3v) is 4.78. The maximum Gasteiger partial charge on any atom is 0.227 e. The Balaban J connectivity index is 2.39. The molecular weight excluding hydrogens is 265 g/mol. The molecular formula is C14H22FNO2S. The van der Waals surface area contributed by atoms with Gasteiger partial charge in [0.25, 0.3) is 0 Å². The van der Waals surface area contributed by atoms with Crippen LogP contribution in [0.25, 0.3) is 0 Å². The van der Waals surface area contributed by atoms with E-state index in [2.05, 4.69) is 11.9 Å². The van der Waals surface area contributed by atoms with Gasteiger partial charge in [-0.2, -0.15) is 0 Å². The summed E-state index contributed by atoms with van der Waals surface area (Å²) in [6, 6.07) is 4.50. The van der Waals surface area contributed by atoms with Crippen LogP contribution in [0.2, 0.25) is 0 Å². The monoisotopic (exact) mass is 287 g/mol. The van der Waals surface area contributed by atoms with E-state index in [1.54, 1.807) is 12.1 Å². The maximum absolute atomic E-state index is 13.8. The van der Waals surface area contributed by atoms with E-state index in [9.17, 15) is 12.8 Å². The number of aromatic nitrogens is 1. The third-order valence-electron chi connectivity index (χ3n) is 3.05. The van der Waals surface area contributed by atoms with Crippen molar-refractivity contribution < 1.29 is 12.8 Å². The minimum absolute atomic E-state index is 0.0605. The molecule has 0 aromatic carbocycles. The van der Waals surface area contributed by atoms with Crippen molar-refractivity contribution in [3.05, 3.63) is 24.4 Å². The highest BCUT2D eigenvalue weighted by molar-refractivity contribution is 7.91. The summed E-state index contributed by atoms with van der Waals surface area (Å²) in [5.74, 6) is 0.